The lowest BCUT2D eigenvalue weighted by Crippen LogP contribution is -2.33. The number of nitrogens with zero attached hydrogens (tertiary/aromatic N) is 1. The van der Waals surface area contributed by atoms with Crippen molar-refractivity contribution in [2.24, 2.45) is 0 Å². The van der Waals surface area contributed by atoms with Gasteiger partial charge in [0.2, 0.25) is 0 Å². The average molecular weight is 447 g/mol. The fourth-order valence-corrected chi connectivity index (χ4v) is 3.96. The molecule has 0 N–H and O–H groups in total. The summed E-state index contributed by atoms with van der Waals surface area (Å²) in [6, 6.07) is 21.8. The van der Waals surface area contributed by atoms with E-state index in [-0.39, 0.29) is 29.7 Å². The smallest absolute Gasteiger partial charge is 0.293 e. The van der Waals surface area contributed by atoms with Gasteiger partial charge in [0.15, 0.2) is 5.78 Å². The van der Waals surface area contributed by atoms with Gasteiger partial charge < -0.3 is 4.74 Å². The third kappa shape index (κ3) is 4.95. The summed E-state index contributed by atoms with van der Waals surface area (Å²) >= 11 is 0.788. The first-order chi connectivity index (χ1) is 15.5. The molecule has 1 fully saturated rings. The molecule has 4 rings (SSSR count). The minimum Gasteiger partial charge on any atom is -0.489 e. The largest absolute Gasteiger partial charge is 0.489 e. The SMILES string of the molecule is O=C(CN1C(=O)S/C(=C/c2cccc(OCc3ccccc3F)c2)C1=O)c1ccccc1. The van der Waals surface area contributed by atoms with Crippen LogP contribution in [-0.4, -0.2) is 28.4 Å². The molecule has 2 amide bonds. The number of ether oxygens (including phenoxy) is 1. The van der Waals surface area contributed by atoms with Gasteiger partial charge in [0.05, 0.1) is 11.4 Å². The van der Waals surface area contributed by atoms with Crippen molar-refractivity contribution in [3.05, 3.63) is 106 Å². The van der Waals surface area contributed by atoms with Crippen LogP contribution in [0.15, 0.2) is 83.8 Å². The topological polar surface area (TPSA) is 63.7 Å². The zero-order valence-corrected chi connectivity index (χ0v) is 17.7. The lowest BCUT2D eigenvalue weighted by atomic mass is 10.1. The van der Waals surface area contributed by atoms with E-state index in [0.717, 1.165) is 16.7 Å². The van der Waals surface area contributed by atoms with E-state index in [2.05, 4.69) is 0 Å². The van der Waals surface area contributed by atoms with Gasteiger partial charge in [-0.3, -0.25) is 19.3 Å². The Kier molecular flexibility index (Phi) is 6.47. The molecule has 3 aromatic rings. The van der Waals surface area contributed by atoms with E-state index in [1.165, 1.54) is 6.07 Å². The molecule has 0 bridgehead atoms. The van der Waals surface area contributed by atoms with Crippen LogP contribution in [0.25, 0.3) is 6.08 Å². The van der Waals surface area contributed by atoms with Crippen LogP contribution < -0.4 is 4.74 Å². The Bertz CT molecular complexity index is 1210. The molecule has 1 saturated heterocycles. The highest BCUT2D eigenvalue weighted by atomic mass is 32.2. The first-order valence-electron chi connectivity index (χ1n) is 9.81. The summed E-state index contributed by atoms with van der Waals surface area (Å²) in [6.45, 7) is -0.244. The molecule has 0 spiro atoms. The fourth-order valence-electron chi connectivity index (χ4n) is 3.12. The minimum absolute atomic E-state index is 0.0637. The molecule has 160 valence electrons. The number of hydrogen-bond donors (Lipinski definition) is 0. The number of carbonyl (C=O) groups excluding carboxylic acids is 3. The van der Waals surface area contributed by atoms with Gasteiger partial charge in [-0.2, -0.15) is 0 Å². The van der Waals surface area contributed by atoms with Gasteiger partial charge in [-0.05, 0) is 41.6 Å². The monoisotopic (exact) mass is 447 g/mol. The molecule has 32 heavy (non-hydrogen) atoms. The van der Waals surface area contributed by atoms with E-state index in [1.807, 2.05) is 0 Å². The molecule has 0 radical (unpaired) electrons. The Morgan fingerprint density at radius 2 is 1.72 bits per heavy atom. The minimum atomic E-state index is -0.512. The third-order valence-corrected chi connectivity index (χ3v) is 5.69. The van der Waals surface area contributed by atoms with Crippen molar-refractivity contribution in [1.29, 1.82) is 0 Å². The van der Waals surface area contributed by atoms with Crippen LogP contribution in [0.2, 0.25) is 0 Å². The number of thioether (sulfide) groups is 1. The lowest BCUT2D eigenvalue weighted by molar-refractivity contribution is -0.122. The Morgan fingerprint density at radius 3 is 2.50 bits per heavy atom. The summed E-state index contributed by atoms with van der Waals surface area (Å²) in [5.41, 5.74) is 1.52. The molecular weight excluding hydrogens is 429 g/mol. The van der Waals surface area contributed by atoms with Crippen molar-refractivity contribution in [3.63, 3.8) is 0 Å². The van der Waals surface area contributed by atoms with Gasteiger partial charge in [0.1, 0.15) is 18.2 Å². The maximum absolute atomic E-state index is 13.8. The number of Topliss-reactive ketones (excluding diaryl/α,β-unsaturated/α-hetero) is 1. The number of rotatable bonds is 7. The maximum Gasteiger partial charge on any atom is 0.293 e. The molecule has 0 aromatic heterocycles. The van der Waals surface area contributed by atoms with E-state index in [9.17, 15) is 18.8 Å². The van der Waals surface area contributed by atoms with Crippen LogP contribution in [0.1, 0.15) is 21.5 Å². The number of benzene rings is 3. The van der Waals surface area contributed by atoms with Gasteiger partial charge >= 0.3 is 0 Å². The van der Waals surface area contributed by atoms with Crippen molar-refractivity contribution in [3.8, 4) is 5.75 Å². The molecule has 0 unspecified atom stereocenters. The third-order valence-electron chi connectivity index (χ3n) is 4.78. The Labute approximate surface area is 188 Å². The van der Waals surface area contributed by atoms with Crippen molar-refractivity contribution in [1.82, 2.24) is 4.90 Å². The fraction of sp³-hybridized carbons (Fsp3) is 0.0800. The highest BCUT2D eigenvalue weighted by Gasteiger charge is 2.36. The van der Waals surface area contributed by atoms with Crippen LogP contribution in [0.4, 0.5) is 9.18 Å². The van der Waals surface area contributed by atoms with Crippen molar-refractivity contribution >= 4 is 34.8 Å². The highest BCUT2D eigenvalue weighted by molar-refractivity contribution is 8.18. The number of carbonyl (C=O) groups is 3. The molecule has 7 heteroatoms. The van der Waals surface area contributed by atoms with E-state index in [1.54, 1.807) is 78.9 Å². The maximum atomic E-state index is 13.8. The molecule has 1 aliphatic heterocycles. The predicted molar refractivity (Wildman–Crippen MR) is 121 cm³/mol. The second-order valence-electron chi connectivity index (χ2n) is 7.01. The van der Waals surface area contributed by atoms with Crippen LogP contribution in [0, 0.1) is 5.82 Å². The number of halogens is 1. The molecule has 5 nitrogen and oxygen atoms in total. The summed E-state index contributed by atoms with van der Waals surface area (Å²) in [5.74, 6) is -0.664. The van der Waals surface area contributed by atoms with Gasteiger partial charge in [-0.1, -0.05) is 60.7 Å². The van der Waals surface area contributed by atoms with Gasteiger partial charge in [0, 0.05) is 11.1 Å². The molecular formula is C25H18FNO4S. The summed E-state index contributed by atoms with van der Waals surface area (Å²) < 4.78 is 19.4. The zero-order chi connectivity index (χ0) is 22.5. The number of imide groups is 1. The summed E-state index contributed by atoms with van der Waals surface area (Å²) in [4.78, 5) is 38.6. The Morgan fingerprint density at radius 1 is 0.969 bits per heavy atom. The molecule has 0 atom stereocenters. The second kappa shape index (κ2) is 9.62. The Balaban J connectivity index is 1.45. The quantitative estimate of drug-likeness (QED) is 0.362. The van der Waals surface area contributed by atoms with Gasteiger partial charge in [0.25, 0.3) is 11.1 Å². The Hall–Kier alpha value is -3.71. The van der Waals surface area contributed by atoms with E-state index in [4.69, 9.17) is 4.74 Å². The summed E-state index contributed by atoms with van der Waals surface area (Å²) in [5, 5.41) is -0.488. The van der Waals surface area contributed by atoms with Crippen LogP contribution >= 0.6 is 11.8 Å². The van der Waals surface area contributed by atoms with E-state index >= 15 is 0 Å². The first kappa shape index (κ1) is 21.5. The van der Waals surface area contributed by atoms with E-state index < -0.39 is 11.1 Å². The van der Waals surface area contributed by atoms with Crippen LogP contribution in [-0.2, 0) is 11.4 Å². The van der Waals surface area contributed by atoms with E-state index in [0.29, 0.717) is 22.4 Å². The number of ketones is 1. The average Bonchev–Trinajstić information content (AvgIpc) is 3.06. The van der Waals surface area contributed by atoms with Crippen LogP contribution in [0.3, 0.4) is 0 Å². The molecule has 0 saturated carbocycles. The number of hydrogen-bond acceptors (Lipinski definition) is 5. The van der Waals surface area contributed by atoms with Crippen molar-refractivity contribution in [2.45, 2.75) is 6.61 Å². The van der Waals surface area contributed by atoms with Gasteiger partial charge in [-0.25, -0.2) is 4.39 Å². The zero-order valence-electron chi connectivity index (χ0n) is 16.9. The van der Waals surface area contributed by atoms with Crippen molar-refractivity contribution in [2.75, 3.05) is 6.54 Å². The first-order valence-corrected chi connectivity index (χ1v) is 10.6. The standard InChI is InChI=1S/C25H18FNO4S/c26-21-12-5-4-10-19(21)16-31-20-11-6-7-17(13-20)14-23-24(29)27(25(30)32-23)15-22(28)18-8-2-1-3-9-18/h1-14H,15-16H2/b23-14+. The van der Waals surface area contributed by atoms with Crippen molar-refractivity contribution < 1.29 is 23.5 Å². The second-order valence-corrected chi connectivity index (χ2v) is 8.00. The highest BCUT2D eigenvalue weighted by Crippen LogP contribution is 2.32. The summed E-state index contributed by atoms with van der Waals surface area (Å²) in [7, 11) is 0. The molecule has 1 aliphatic rings. The number of amides is 2. The normalized spacial score (nSPS) is 14.8. The molecule has 1 heterocycles. The predicted octanol–water partition coefficient (Wildman–Crippen LogP) is 5.32. The van der Waals surface area contributed by atoms with Crippen LogP contribution in [0.5, 0.6) is 5.75 Å². The molecule has 0 aliphatic carbocycles. The summed E-state index contributed by atoms with van der Waals surface area (Å²) in [6.07, 6.45) is 1.58. The lowest BCUT2D eigenvalue weighted by Gasteiger charge is -2.11. The van der Waals surface area contributed by atoms with Gasteiger partial charge in [-0.15, -0.1) is 0 Å². The molecule has 3 aromatic carbocycles.